The number of hydrogen-bond acceptors (Lipinski definition) is 2. The molecule has 3 heteroatoms. The summed E-state index contributed by atoms with van der Waals surface area (Å²) in [4.78, 5) is 14.5. The fraction of sp³-hybridized carbons (Fsp3) is 0.235. The summed E-state index contributed by atoms with van der Waals surface area (Å²) in [6.07, 6.45) is 2.04. The van der Waals surface area contributed by atoms with E-state index < -0.39 is 0 Å². The molecular weight excluding hydrogens is 248 g/mol. The van der Waals surface area contributed by atoms with Crippen molar-refractivity contribution >= 4 is 17.3 Å². The molecule has 0 bridgehead atoms. The summed E-state index contributed by atoms with van der Waals surface area (Å²) in [5.41, 5.74) is 7.94. The van der Waals surface area contributed by atoms with Gasteiger partial charge >= 0.3 is 0 Å². The van der Waals surface area contributed by atoms with Gasteiger partial charge in [0.2, 0.25) is 0 Å². The van der Waals surface area contributed by atoms with Gasteiger partial charge in [-0.25, -0.2) is 0 Å². The van der Waals surface area contributed by atoms with Crippen LogP contribution in [0.5, 0.6) is 0 Å². The summed E-state index contributed by atoms with van der Waals surface area (Å²) in [5.74, 6) is 0.0182. The van der Waals surface area contributed by atoms with Crippen LogP contribution < -0.4 is 10.6 Å². The molecule has 3 nitrogen and oxygen atoms in total. The molecule has 0 spiro atoms. The lowest BCUT2D eigenvalue weighted by Crippen LogP contribution is -2.31. The molecule has 0 aliphatic carbocycles. The van der Waals surface area contributed by atoms with Crippen molar-refractivity contribution in [3.63, 3.8) is 0 Å². The Morgan fingerprint density at radius 1 is 1.05 bits per heavy atom. The lowest BCUT2D eigenvalue weighted by Gasteiger charge is -2.23. The highest BCUT2D eigenvalue weighted by atomic mass is 16.2. The zero-order valence-corrected chi connectivity index (χ0v) is 11.8. The number of nitrogens with zero attached hydrogens (tertiary/aromatic N) is 1. The summed E-state index contributed by atoms with van der Waals surface area (Å²) >= 11 is 0. The second-order valence-corrected chi connectivity index (χ2v) is 4.77. The molecule has 1 amide bonds. The smallest absolute Gasteiger partial charge is 0.258 e. The summed E-state index contributed by atoms with van der Waals surface area (Å²) < 4.78 is 0. The Labute approximate surface area is 120 Å². The third-order valence-electron chi connectivity index (χ3n) is 3.21. The zero-order chi connectivity index (χ0) is 14.4. The fourth-order valence-corrected chi connectivity index (χ4v) is 2.05. The maximum absolute atomic E-state index is 12.6. The van der Waals surface area contributed by atoms with E-state index in [-0.39, 0.29) is 5.91 Å². The summed E-state index contributed by atoms with van der Waals surface area (Å²) in [6, 6.07) is 16.9. The number of unbranched alkanes of at least 4 members (excludes halogenated alkanes) is 1. The van der Waals surface area contributed by atoms with Crippen molar-refractivity contribution in [2.75, 3.05) is 17.2 Å². The number of hydrogen-bond donors (Lipinski definition) is 1. The van der Waals surface area contributed by atoms with Crippen LogP contribution in [0.3, 0.4) is 0 Å². The first kappa shape index (κ1) is 14.1. The number of anilines is 2. The Hall–Kier alpha value is -2.29. The van der Waals surface area contributed by atoms with Crippen LogP contribution in [0.15, 0.2) is 54.6 Å². The number of amides is 1. The van der Waals surface area contributed by atoms with Gasteiger partial charge in [0, 0.05) is 23.5 Å². The number of para-hydroxylation sites is 1. The monoisotopic (exact) mass is 268 g/mol. The SMILES string of the molecule is CCCCN(C(=O)c1ccc(N)cc1)c1ccccc1. The Kier molecular flexibility index (Phi) is 4.77. The first-order chi connectivity index (χ1) is 9.72. The van der Waals surface area contributed by atoms with E-state index in [4.69, 9.17) is 5.73 Å². The molecule has 0 atom stereocenters. The highest BCUT2D eigenvalue weighted by Gasteiger charge is 2.16. The first-order valence-corrected chi connectivity index (χ1v) is 6.95. The zero-order valence-electron chi connectivity index (χ0n) is 11.8. The molecule has 0 aromatic heterocycles. The first-order valence-electron chi connectivity index (χ1n) is 6.95. The van der Waals surface area contributed by atoms with Crippen LogP contribution in [0.25, 0.3) is 0 Å². The van der Waals surface area contributed by atoms with Gasteiger partial charge in [0.05, 0.1) is 0 Å². The van der Waals surface area contributed by atoms with Crippen molar-refractivity contribution in [2.24, 2.45) is 0 Å². The van der Waals surface area contributed by atoms with E-state index in [1.54, 1.807) is 24.3 Å². The second kappa shape index (κ2) is 6.75. The second-order valence-electron chi connectivity index (χ2n) is 4.77. The number of carbonyl (C=O) groups is 1. The van der Waals surface area contributed by atoms with Gasteiger partial charge in [-0.1, -0.05) is 31.5 Å². The average Bonchev–Trinajstić information content (AvgIpc) is 2.49. The van der Waals surface area contributed by atoms with Crippen LogP contribution in [-0.2, 0) is 0 Å². The van der Waals surface area contributed by atoms with Crippen LogP contribution >= 0.6 is 0 Å². The van der Waals surface area contributed by atoms with E-state index >= 15 is 0 Å². The van der Waals surface area contributed by atoms with Crippen LogP contribution in [-0.4, -0.2) is 12.5 Å². The van der Waals surface area contributed by atoms with Crippen molar-refractivity contribution < 1.29 is 4.79 Å². The van der Waals surface area contributed by atoms with E-state index in [1.807, 2.05) is 35.2 Å². The molecule has 0 saturated heterocycles. The molecule has 0 saturated carbocycles. The van der Waals surface area contributed by atoms with E-state index in [9.17, 15) is 4.79 Å². The molecule has 2 N–H and O–H groups in total. The molecule has 104 valence electrons. The van der Waals surface area contributed by atoms with E-state index in [1.165, 1.54) is 0 Å². The van der Waals surface area contributed by atoms with E-state index in [0.717, 1.165) is 25.1 Å². The molecule has 20 heavy (non-hydrogen) atoms. The van der Waals surface area contributed by atoms with Gasteiger partial charge in [-0.3, -0.25) is 4.79 Å². The molecule has 0 aliphatic rings. The van der Waals surface area contributed by atoms with Gasteiger partial charge in [0.25, 0.3) is 5.91 Å². The molecular formula is C17H20N2O. The molecule has 0 heterocycles. The number of nitrogens with two attached hydrogens (primary N) is 1. The van der Waals surface area contributed by atoms with Gasteiger partial charge in [-0.15, -0.1) is 0 Å². The molecule has 0 unspecified atom stereocenters. The highest BCUT2D eigenvalue weighted by molar-refractivity contribution is 6.06. The largest absolute Gasteiger partial charge is 0.399 e. The summed E-state index contributed by atoms with van der Waals surface area (Å²) in [5, 5.41) is 0. The number of rotatable bonds is 5. The molecule has 2 aromatic carbocycles. The summed E-state index contributed by atoms with van der Waals surface area (Å²) in [6.45, 7) is 2.85. The minimum Gasteiger partial charge on any atom is -0.399 e. The minimum absolute atomic E-state index is 0.0182. The summed E-state index contributed by atoms with van der Waals surface area (Å²) in [7, 11) is 0. The molecule has 0 aliphatic heterocycles. The van der Waals surface area contributed by atoms with Crippen LogP contribution in [0.1, 0.15) is 30.1 Å². The van der Waals surface area contributed by atoms with Crippen LogP contribution in [0.4, 0.5) is 11.4 Å². The molecule has 2 rings (SSSR count). The Bertz CT molecular complexity index is 549. The van der Waals surface area contributed by atoms with Gasteiger partial charge in [-0.2, -0.15) is 0 Å². The molecule has 0 radical (unpaired) electrons. The lowest BCUT2D eigenvalue weighted by atomic mass is 10.1. The standard InChI is InChI=1S/C17H20N2O/c1-2-3-13-19(16-7-5-4-6-8-16)17(20)14-9-11-15(18)12-10-14/h4-12H,2-3,13,18H2,1H3. The quantitative estimate of drug-likeness (QED) is 0.840. The van der Waals surface area contributed by atoms with Gasteiger partial charge in [0.15, 0.2) is 0 Å². The number of carbonyl (C=O) groups excluding carboxylic acids is 1. The highest BCUT2D eigenvalue weighted by Crippen LogP contribution is 2.18. The van der Waals surface area contributed by atoms with E-state index in [2.05, 4.69) is 6.92 Å². The Morgan fingerprint density at radius 3 is 2.30 bits per heavy atom. The lowest BCUT2D eigenvalue weighted by molar-refractivity contribution is 0.0986. The fourth-order valence-electron chi connectivity index (χ4n) is 2.05. The van der Waals surface area contributed by atoms with Crippen molar-refractivity contribution in [1.29, 1.82) is 0 Å². The van der Waals surface area contributed by atoms with Gasteiger partial charge < -0.3 is 10.6 Å². The average molecular weight is 268 g/mol. The van der Waals surface area contributed by atoms with Crippen molar-refractivity contribution in [1.82, 2.24) is 0 Å². The molecule has 2 aromatic rings. The maximum atomic E-state index is 12.6. The number of nitrogen functional groups attached to an aromatic ring is 1. The molecule has 0 fully saturated rings. The van der Waals surface area contributed by atoms with Crippen molar-refractivity contribution in [2.45, 2.75) is 19.8 Å². The predicted octanol–water partition coefficient (Wildman–Crippen LogP) is 3.72. The van der Waals surface area contributed by atoms with E-state index in [0.29, 0.717) is 11.3 Å². The van der Waals surface area contributed by atoms with Gasteiger partial charge in [-0.05, 0) is 42.8 Å². The Balaban J connectivity index is 2.26. The van der Waals surface area contributed by atoms with Crippen molar-refractivity contribution in [3.05, 3.63) is 60.2 Å². The topological polar surface area (TPSA) is 46.3 Å². The minimum atomic E-state index is 0.0182. The van der Waals surface area contributed by atoms with Crippen LogP contribution in [0.2, 0.25) is 0 Å². The normalized spacial score (nSPS) is 10.2. The Morgan fingerprint density at radius 2 is 1.70 bits per heavy atom. The number of benzene rings is 2. The van der Waals surface area contributed by atoms with Crippen molar-refractivity contribution in [3.8, 4) is 0 Å². The maximum Gasteiger partial charge on any atom is 0.258 e. The van der Waals surface area contributed by atoms with Crippen LogP contribution in [0, 0.1) is 0 Å². The predicted molar refractivity (Wildman–Crippen MR) is 83.9 cm³/mol. The third-order valence-corrected chi connectivity index (χ3v) is 3.21. The van der Waals surface area contributed by atoms with Gasteiger partial charge in [0.1, 0.15) is 0 Å². The third kappa shape index (κ3) is 3.38.